The zero-order valence-electron chi connectivity index (χ0n) is 30.5. The van der Waals surface area contributed by atoms with Crippen LogP contribution >= 0.6 is 0 Å². The number of aromatic nitrogens is 5. The van der Waals surface area contributed by atoms with Gasteiger partial charge < -0.3 is 14.4 Å². The number of anilines is 1. The second-order valence-corrected chi connectivity index (χ2v) is 27.2. The van der Waals surface area contributed by atoms with Crippen LogP contribution in [0.15, 0.2) is 48.9 Å². The Balaban J connectivity index is 1.62. The van der Waals surface area contributed by atoms with E-state index in [1.54, 1.807) is 6.92 Å². The maximum atomic E-state index is 13.8. The first-order chi connectivity index (χ1) is 22.8. The van der Waals surface area contributed by atoms with Crippen molar-refractivity contribution in [1.29, 1.82) is 0 Å². The first-order valence-electron chi connectivity index (χ1n) is 17.8. The van der Waals surface area contributed by atoms with Crippen LogP contribution in [0, 0.1) is 5.92 Å². The highest BCUT2D eigenvalue weighted by Crippen LogP contribution is 2.41. The molecule has 0 N–H and O–H groups in total. The third-order valence-corrected chi connectivity index (χ3v) is 12.9. The quantitative estimate of drug-likeness (QED) is 0.0503. The van der Waals surface area contributed by atoms with Crippen molar-refractivity contribution in [2.24, 2.45) is 5.92 Å². The molecule has 0 aliphatic heterocycles. The molecule has 260 valence electrons. The minimum Gasteiger partial charge on any atom is -0.361 e. The molecule has 9 nitrogen and oxygen atoms in total. The highest BCUT2D eigenvalue weighted by atomic mass is 28.3. The van der Waals surface area contributed by atoms with Crippen molar-refractivity contribution in [3.8, 4) is 16.8 Å². The third kappa shape index (κ3) is 9.10. The summed E-state index contributed by atoms with van der Waals surface area (Å²) in [5, 5.41) is 9.59. The fraction of sp³-hybridized carbons (Fsp3) is 0.568. The first-order valence-corrected chi connectivity index (χ1v) is 25.2. The van der Waals surface area contributed by atoms with E-state index in [0.29, 0.717) is 38.1 Å². The Bertz CT molecular complexity index is 1630. The maximum absolute atomic E-state index is 13.8. The molecule has 11 heteroatoms. The molecule has 0 atom stereocenters. The Morgan fingerprint density at radius 3 is 2.08 bits per heavy atom. The van der Waals surface area contributed by atoms with Gasteiger partial charge in [0.1, 0.15) is 19.3 Å². The summed E-state index contributed by atoms with van der Waals surface area (Å²) in [5.41, 5.74) is 5.04. The van der Waals surface area contributed by atoms with E-state index in [1.807, 2.05) is 58.1 Å². The van der Waals surface area contributed by atoms with Crippen LogP contribution in [-0.2, 0) is 9.47 Å². The van der Waals surface area contributed by atoms with Gasteiger partial charge in [0.2, 0.25) is 0 Å². The zero-order chi connectivity index (χ0) is 34.5. The Kier molecular flexibility index (Phi) is 11.8. The van der Waals surface area contributed by atoms with E-state index in [1.165, 1.54) is 6.42 Å². The number of hydrogen-bond donors (Lipinski definition) is 0. The highest BCUT2D eigenvalue weighted by Gasteiger charge is 2.32. The van der Waals surface area contributed by atoms with Crippen LogP contribution in [0.25, 0.3) is 22.5 Å². The summed E-state index contributed by atoms with van der Waals surface area (Å²) in [4.78, 5) is 21.2. The van der Waals surface area contributed by atoms with Gasteiger partial charge in [-0.3, -0.25) is 4.79 Å². The molecule has 3 heterocycles. The standard InChI is InChI=1S/C37H56N6O3Si2/c1-9-29-15-17-30(18-16-29)35-34(28(2)44)37(41(26-45-19-21-47(3,4)5)27-46-20-22-48(6,7)8)43-36(40-35)33(24-39-43)31-23-38-42(25-31)32-13-11-10-12-14-32/h10-14,23-25,29-30H,9,15-22,26-27H2,1-8H3/t29-,30-. The summed E-state index contributed by atoms with van der Waals surface area (Å²) in [6.07, 6.45) is 11.3. The molecule has 0 unspecified atom stereocenters. The number of carbonyl (C=O) groups excluding carboxylic acids is 1. The highest BCUT2D eigenvalue weighted by molar-refractivity contribution is 6.76. The molecule has 1 saturated carbocycles. The number of rotatable bonds is 16. The van der Waals surface area contributed by atoms with Crippen molar-refractivity contribution < 1.29 is 14.3 Å². The van der Waals surface area contributed by atoms with E-state index in [2.05, 4.69) is 56.2 Å². The lowest BCUT2D eigenvalue weighted by Gasteiger charge is -2.32. The molecule has 3 aromatic heterocycles. The van der Waals surface area contributed by atoms with E-state index in [9.17, 15) is 4.79 Å². The van der Waals surface area contributed by atoms with Crippen LogP contribution in [0.2, 0.25) is 51.4 Å². The number of ether oxygens (including phenoxy) is 2. The van der Waals surface area contributed by atoms with E-state index in [4.69, 9.17) is 19.6 Å². The summed E-state index contributed by atoms with van der Waals surface area (Å²) >= 11 is 0. The number of hydrogen-bond acceptors (Lipinski definition) is 7. The molecule has 0 spiro atoms. The minimum absolute atomic E-state index is 0.00448. The number of Topliss-reactive ketones (excluding diaryl/α,β-unsaturated/α-hetero) is 1. The predicted octanol–water partition coefficient (Wildman–Crippen LogP) is 8.90. The van der Waals surface area contributed by atoms with Crippen molar-refractivity contribution in [2.75, 3.05) is 31.6 Å². The fourth-order valence-electron chi connectivity index (χ4n) is 6.42. The summed E-state index contributed by atoms with van der Waals surface area (Å²) in [6, 6.07) is 12.2. The Labute approximate surface area is 289 Å². The zero-order valence-corrected chi connectivity index (χ0v) is 32.5. The van der Waals surface area contributed by atoms with Gasteiger partial charge >= 0.3 is 0 Å². The molecule has 0 bridgehead atoms. The van der Waals surface area contributed by atoms with Crippen LogP contribution in [0.3, 0.4) is 0 Å². The van der Waals surface area contributed by atoms with Crippen LogP contribution in [0.5, 0.6) is 0 Å². The van der Waals surface area contributed by atoms with Gasteiger partial charge in [0, 0.05) is 52.6 Å². The molecule has 4 aromatic rings. The number of para-hydroxylation sites is 1. The summed E-state index contributed by atoms with van der Waals surface area (Å²) in [6.45, 7) is 20.1. The van der Waals surface area contributed by atoms with Crippen LogP contribution in [0.1, 0.15) is 67.9 Å². The van der Waals surface area contributed by atoms with E-state index >= 15 is 0 Å². The van der Waals surface area contributed by atoms with Crippen molar-refractivity contribution in [1.82, 2.24) is 24.4 Å². The molecular weight excluding hydrogens is 633 g/mol. The van der Waals surface area contributed by atoms with Gasteiger partial charge in [0.05, 0.1) is 29.3 Å². The van der Waals surface area contributed by atoms with Gasteiger partial charge in [-0.1, -0.05) is 70.8 Å². The molecule has 0 saturated heterocycles. The van der Waals surface area contributed by atoms with Crippen molar-refractivity contribution >= 4 is 33.4 Å². The Morgan fingerprint density at radius 1 is 0.896 bits per heavy atom. The minimum atomic E-state index is -1.29. The molecule has 5 rings (SSSR count). The second kappa shape index (κ2) is 15.6. The molecular formula is C37H56N6O3Si2. The SMILES string of the molecule is CC[C@H]1CC[C@H](c2nc3c(-c4cnn(-c5ccccc5)c4)cnn3c(N(COCC[Si](C)(C)C)COCC[Si](C)(C)C)c2C(C)=O)CC1. The third-order valence-electron chi connectivity index (χ3n) is 9.51. The fourth-order valence-corrected chi connectivity index (χ4v) is 7.93. The largest absolute Gasteiger partial charge is 0.361 e. The maximum Gasteiger partial charge on any atom is 0.165 e. The average Bonchev–Trinajstić information content (AvgIpc) is 3.70. The Morgan fingerprint density at radius 2 is 1.52 bits per heavy atom. The van der Waals surface area contributed by atoms with Crippen molar-refractivity contribution in [3.05, 3.63) is 60.2 Å². The lowest BCUT2D eigenvalue weighted by atomic mass is 9.78. The van der Waals surface area contributed by atoms with Crippen LogP contribution in [-0.4, -0.2) is 73.0 Å². The van der Waals surface area contributed by atoms with Gasteiger partial charge in [-0.25, -0.2) is 9.67 Å². The van der Waals surface area contributed by atoms with Gasteiger partial charge in [-0.15, -0.1) is 0 Å². The molecule has 0 amide bonds. The van der Waals surface area contributed by atoms with Crippen molar-refractivity contribution in [3.63, 3.8) is 0 Å². The summed E-state index contributed by atoms with van der Waals surface area (Å²) < 4.78 is 16.5. The smallest absolute Gasteiger partial charge is 0.165 e. The van der Waals surface area contributed by atoms with Crippen LogP contribution < -0.4 is 4.90 Å². The molecule has 1 aromatic carbocycles. The van der Waals surface area contributed by atoms with E-state index in [-0.39, 0.29) is 11.7 Å². The topological polar surface area (TPSA) is 86.8 Å². The number of nitrogens with zero attached hydrogens (tertiary/aromatic N) is 6. The van der Waals surface area contributed by atoms with E-state index < -0.39 is 16.1 Å². The van der Waals surface area contributed by atoms with E-state index in [0.717, 1.165) is 71.8 Å². The predicted molar refractivity (Wildman–Crippen MR) is 201 cm³/mol. The monoisotopic (exact) mass is 688 g/mol. The Hall–Kier alpha value is -3.13. The number of benzene rings is 1. The number of fused-ring (bicyclic) bond motifs is 1. The normalized spacial score (nSPS) is 17.2. The van der Waals surface area contributed by atoms with Gasteiger partial charge in [0.15, 0.2) is 11.4 Å². The lowest BCUT2D eigenvalue weighted by molar-refractivity contribution is 0.0931. The average molecular weight is 689 g/mol. The molecule has 48 heavy (non-hydrogen) atoms. The van der Waals surface area contributed by atoms with Gasteiger partial charge in [-0.2, -0.15) is 14.7 Å². The second-order valence-electron chi connectivity index (χ2n) is 15.9. The summed E-state index contributed by atoms with van der Waals surface area (Å²) in [7, 11) is -2.58. The number of ketones is 1. The lowest BCUT2D eigenvalue weighted by Crippen LogP contribution is -2.35. The van der Waals surface area contributed by atoms with Gasteiger partial charge in [0.25, 0.3) is 0 Å². The van der Waals surface area contributed by atoms with Gasteiger partial charge in [-0.05, 0) is 62.7 Å². The molecule has 1 aliphatic rings. The molecule has 1 aliphatic carbocycles. The van der Waals surface area contributed by atoms with Crippen LogP contribution in [0.4, 0.5) is 5.82 Å². The number of carbonyl (C=O) groups is 1. The van der Waals surface area contributed by atoms with Crippen molar-refractivity contribution in [2.45, 2.75) is 103 Å². The first kappa shape index (κ1) is 36.2. The summed E-state index contributed by atoms with van der Waals surface area (Å²) in [5.74, 6) is 1.64. The molecule has 0 radical (unpaired) electrons. The molecule has 1 fully saturated rings.